The molecule has 5 nitrogen and oxygen atoms in total. The van der Waals surface area contributed by atoms with E-state index in [0.29, 0.717) is 23.6 Å². The van der Waals surface area contributed by atoms with Gasteiger partial charge in [-0.25, -0.2) is 0 Å². The van der Waals surface area contributed by atoms with Crippen molar-refractivity contribution in [1.82, 2.24) is 0 Å². The van der Waals surface area contributed by atoms with E-state index < -0.39 is 0 Å². The molecule has 2 aromatic rings. The molecule has 0 aliphatic carbocycles. The minimum absolute atomic E-state index is 0.253. The fraction of sp³-hybridized carbons (Fsp3) is 0.214. The van der Waals surface area contributed by atoms with E-state index in [4.69, 9.17) is 13.9 Å². The average molecular weight is 338 g/mol. The summed E-state index contributed by atoms with van der Waals surface area (Å²) in [5.74, 6) is -0.0415. The minimum Gasteiger partial charge on any atom is -0.444 e. The first-order valence-electron chi connectivity index (χ1n) is 6.12. The Balaban J connectivity index is 1.67. The fourth-order valence-corrected chi connectivity index (χ4v) is 2.21. The van der Waals surface area contributed by atoms with Crippen molar-refractivity contribution in [3.8, 4) is 0 Å². The van der Waals surface area contributed by atoms with Crippen LogP contribution in [0.3, 0.4) is 0 Å². The van der Waals surface area contributed by atoms with Gasteiger partial charge in [0, 0.05) is 11.3 Å². The number of carbonyl (C=O) groups excluding carboxylic acids is 1. The van der Waals surface area contributed by atoms with Gasteiger partial charge in [-0.05, 0) is 40.2 Å². The zero-order valence-corrected chi connectivity index (χ0v) is 12.1. The van der Waals surface area contributed by atoms with Gasteiger partial charge >= 0.3 is 0 Å². The van der Waals surface area contributed by atoms with Crippen molar-refractivity contribution in [2.75, 3.05) is 18.5 Å². The predicted octanol–water partition coefficient (Wildman–Crippen LogP) is 3.34. The third-order valence-electron chi connectivity index (χ3n) is 2.86. The molecule has 1 aliphatic rings. The highest BCUT2D eigenvalue weighted by atomic mass is 79.9. The van der Waals surface area contributed by atoms with Crippen LogP contribution in [0.5, 0.6) is 0 Å². The van der Waals surface area contributed by atoms with Crippen molar-refractivity contribution in [2.45, 2.75) is 6.29 Å². The van der Waals surface area contributed by atoms with Crippen molar-refractivity contribution in [2.24, 2.45) is 0 Å². The summed E-state index contributed by atoms with van der Waals surface area (Å²) in [6.07, 6.45) is -0.305. The lowest BCUT2D eigenvalue weighted by Crippen LogP contribution is -2.10. The summed E-state index contributed by atoms with van der Waals surface area (Å²) >= 11 is 3.16. The second kappa shape index (κ2) is 5.78. The third kappa shape index (κ3) is 2.92. The van der Waals surface area contributed by atoms with Gasteiger partial charge in [0.05, 0.1) is 13.2 Å². The number of benzene rings is 1. The lowest BCUT2D eigenvalue weighted by Gasteiger charge is -2.10. The zero-order chi connectivity index (χ0) is 13.9. The van der Waals surface area contributed by atoms with Crippen LogP contribution in [0.15, 0.2) is 45.5 Å². The average Bonchev–Trinajstić information content (AvgIpc) is 3.10. The van der Waals surface area contributed by atoms with E-state index in [9.17, 15) is 4.79 Å². The summed E-state index contributed by atoms with van der Waals surface area (Å²) in [7, 11) is 0. The van der Waals surface area contributed by atoms with Gasteiger partial charge in [0.25, 0.3) is 5.91 Å². The van der Waals surface area contributed by atoms with Crippen LogP contribution in [0.2, 0.25) is 0 Å². The molecule has 0 radical (unpaired) electrons. The van der Waals surface area contributed by atoms with Gasteiger partial charge in [-0.1, -0.05) is 12.1 Å². The smallest absolute Gasteiger partial charge is 0.291 e. The molecule has 2 heterocycles. The number of ether oxygens (including phenoxy) is 2. The molecule has 3 rings (SSSR count). The van der Waals surface area contributed by atoms with Crippen LogP contribution in [-0.2, 0) is 9.47 Å². The van der Waals surface area contributed by atoms with Crippen molar-refractivity contribution < 1.29 is 18.7 Å². The lowest BCUT2D eigenvalue weighted by molar-refractivity contribution is -0.0441. The number of nitrogens with one attached hydrogen (secondary N) is 1. The Bertz CT molecular complexity index is 602. The molecule has 1 aliphatic heterocycles. The molecule has 0 unspecified atom stereocenters. The molecule has 0 saturated carbocycles. The number of rotatable bonds is 3. The van der Waals surface area contributed by atoms with Crippen molar-refractivity contribution >= 4 is 27.5 Å². The highest BCUT2D eigenvalue weighted by molar-refractivity contribution is 9.10. The van der Waals surface area contributed by atoms with Crippen LogP contribution in [-0.4, -0.2) is 19.1 Å². The summed E-state index contributed by atoms with van der Waals surface area (Å²) in [5.41, 5.74) is 1.62. The normalized spacial score (nSPS) is 15.4. The number of carbonyl (C=O) groups is 1. The molecule has 0 bridgehead atoms. The highest BCUT2D eigenvalue weighted by Gasteiger charge is 2.18. The Morgan fingerprint density at radius 2 is 1.80 bits per heavy atom. The Morgan fingerprint density at radius 1 is 1.10 bits per heavy atom. The summed E-state index contributed by atoms with van der Waals surface area (Å²) in [6.45, 7) is 1.22. The number of hydrogen-bond donors (Lipinski definition) is 1. The second-order valence-corrected chi connectivity index (χ2v) is 5.03. The molecule has 104 valence electrons. The van der Waals surface area contributed by atoms with Crippen LogP contribution >= 0.6 is 15.9 Å². The molecular weight excluding hydrogens is 326 g/mol. The monoisotopic (exact) mass is 337 g/mol. The fourth-order valence-electron chi connectivity index (χ4n) is 1.90. The van der Waals surface area contributed by atoms with E-state index >= 15 is 0 Å². The largest absolute Gasteiger partial charge is 0.444 e. The van der Waals surface area contributed by atoms with Gasteiger partial charge in [0.15, 0.2) is 16.7 Å². The van der Waals surface area contributed by atoms with Gasteiger partial charge in [0.2, 0.25) is 0 Å². The Morgan fingerprint density at radius 3 is 2.40 bits per heavy atom. The van der Waals surface area contributed by atoms with E-state index in [2.05, 4.69) is 21.2 Å². The van der Waals surface area contributed by atoms with E-state index in [1.54, 1.807) is 24.3 Å². The summed E-state index contributed by atoms with van der Waals surface area (Å²) < 4.78 is 16.5. The van der Waals surface area contributed by atoms with Gasteiger partial charge in [-0.15, -0.1) is 0 Å². The SMILES string of the molecule is O=C(Nc1ccc(C2OCCO2)cc1)c1ccc(Br)o1. The molecule has 1 N–H and O–H groups in total. The maximum atomic E-state index is 11.9. The number of hydrogen-bond acceptors (Lipinski definition) is 4. The Hall–Kier alpha value is -1.63. The minimum atomic E-state index is -0.305. The van der Waals surface area contributed by atoms with Crippen molar-refractivity contribution in [1.29, 1.82) is 0 Å². The van der Waals surface area contributed by atoms with Crippen molar-refractivity contribution in [3.63, 3.8) is 0 Å². The van der Waals surface area contributed by atoms with Crippen LogP contribution in [0.25, 0.3) is 0 Å². The molecule has 1 saturated heterocycles. The molecule has 0 spiro atoms. The molecule has 1 aromatic carbocycles. The number of furan rings is 1. The van der Waals surface area contributed by atoms with Crippen LogP contribution in [0.4, 0.5) is 5.69 Å². The second-order valence-electron chi connectivity index (χ2n) is 4.25. The van der Waals surface area contributed by atoms with Gasteiger partial charge < -0.3 is 19.2 Å². The zero-order valence-electron chi connectivity index (χ0n) is 10.5. The van der Waals surface area contributed by atoms with E-state index in [0.717, 1.165) is 5.56 Å². The molecule has 6 heteroatoms. The standard InChI is InChI=1S/C14H12BrNO4/c15-12-6-5-11(20-12)13(17)16-10-3-1-9(2-4-10)14-18-7-8-19-14/h1-6,14H,7-8H2,(H,16,17). The van der Waals surface area contributed by atoms with E-state index in [1.807, 2.05) is 12.1 Å². The first kappa shape index (κ1) is 13.4. The number of anilines is 1. The summed E-state index contributed by atoms with van der Waals surface area (Å²) in [6, 6.07) is 10.6. The van der Waals surface area contributed by atoms with Crippen molar-refractivity contribution in [3.05, 3.63) is 52.4 Å². The first-order valence-corrected chi connectivity index (χ1v) is 6.91. The molecule has 0 atom stereocenters. The Kier molecular flexibility index (Phi) is 3.86. The van der Waals surface area contributed by atoms with E-state index in [-0.39, 0.29) is 18.0 Å². The third-order valence-corrected chi connectivity index (χ3v) is 3.29. The van der Waals surface area contributed by atoms with Gasteiger partial charge in [-0.2, -0.15) is 0 Å². The highest BCUT2D eigenvalue weighted by Crippen LogP contribution is 2.24. The molecular formula is C14H12BrNO4. The number of halogens is 1. The van der Waals surface area contributed by atoms with E-state index in [1.165, 1.54) is 0 Å². The topological polar surface area (TPSA) is 60.7 Å². The maximum Gasteiger partial charge on any atom is 0.291 e. The van der Waals surface area contributed by atoms with Gasteiger partial charge in [-0.3, -0.25) is 4.79 Å². The molecule has 1 fully saturated rings. The van der Waals surface area contributed by atoms with Crippen LogP contribution in [0.1, 0.15) is 22.4 Å². The predicted molar refractivity (Wildman–Crippen MR) is 75.4 cm³/mol. The molecule has 1 amide bonds. The number of amides is 1. The first-order chi connectivity index (χ1) is 9.72. The lowest BCUT2D eigenvalue weighted by atomic mass is 10.2. The summed E-state index contributed by atoms with van der Waals surface area (Å²) in [4.78, 5) is 11.9. The van der Waals surface area contributed by atoms with Crippen LogP contribution in [0, 0.1) is 0 Å². The quantitative estimate of drug-likeness (QED) is 0.932. The van der Waals surface area contributed by atoms with Gasteiger partial charge in [0.1, 0.15) is 0 Å². The summed E-state index contributed by atoms with van der Waals surface area (Å²) in [5, 5.41) is 2.75. The molecule has 20 heavy (non-hydrogen) atoms. The molecule has 1 aromatic heterocycles. The Labute approximate surface area is 124 Å². The maximum absolute atomic E-state index is 11.9. The van der Waals surface area contributed by atoms with Crippen LogP contribution < -0.4 is 5.32 Å².